The fourth-order valence-corrected chi connectivity index (χ4v) is 7.75. The number of anilines is 1. The molecule has 4 rings (SSSR count). The van der Waals surface area contributed by atoms with Crippen LogP contribution < -0.4 is 19.7 Å². The molecule has 11 nitrogen and oxygen atoms in total. The Hall–Kier alpha value is -3.40. The molecule has 1 aromatic heterocycles. The minimum atomic E-state index is -1.30. The Bertz CT molecular complexity index is 1640. The molecule has 0 atom stereocenters. The zero-order chi connectivity index (χ0) is 28.6. The molecular formula is C24H21N3O8S4. The Labute approximate surface area is 238 Å². The highest BCUT2D eigenvalue weighted by molar-refractivity contribution is 8.30. The van der Waals surface area contributed by atoms with E-state index in [2.05, 4.69) is 0 Å². The molecule has 1 fully saturated rings. The number of nitrogens with zero attached hydrogens (tertiary/aromatic N) is 3. The standard InChI is InChI=1S/C24H21N3O8S4/c1-11(2)12(7-15-25(8-16(28)29)13-5-3-4-6-14(13)37-15)19-21(34)26(9-17(30)31)23(38-19)20-22(35)27(10-18(32)33)24(36)39-20/h3-7,11H,8-10H2,1-2H3,(H,28,29)(H,30,31)(H,32,33). The highest BCUT2D eigenvalue weighted by Crippen LogP contribution is 2.46. The Morgan fingerprint density at radius 1 is 0.949 bits per heavy atom. The van der Waals surface area contributed by atoms with Gasteiger partial charge in [0.15, 0.2) is 0 Å². The summed E-state index contributed by atoms with van der Waals surface area (Å²) in [5.41, 5.74) is 0.610. The number of hydrogen-bond donors (Lipinski definition) is 3. The van der Waals surface area contributed by atoms with E-state index in [-0.39, 0.29) is 30.9 Å². The number of benzene rings is 1. The van der Waals surface area contributed by atoms with Crippen molar-refractivity contribution in [2.75, 3.05) is 18.0 Å². The van der Waals surface area contributed by atoms with Crippen LogP contribution in [0, 0.1) is 5.92 Å². The minimum Gasteiger partial charge on any atom is -0.480 e. The van der Waals surface area contributed by atoms with Crippen LogP contribution in [0.1, 0.15) is 13.8 Å². The first-order valence-electron chi connectivity index (χ1n) is 11.3. The first-order chi connectivity index (χ1) is 18.4. The fraction of sp³-hybridized carbons (Fsp3) is 0.250. The van der Waals surface area contributed by atoms with Crippen LogP contribution in [0.4, 0.5) is 5.69 Å². The van der Waals surface area contributed by atoms with Crippen molar-refractivity contribution in [2.24, 2.45) is 5.92 Å². The lowest BCUT2D eigenvalue weighted by Crippen LogP contribution is -2.37. The molecule has 0 aliphatic carbocycles. The topological polar surface area (TPSA) is 157 Å². The van der Waals surface area contributed by atoms with Gasteiger partial charge in [-0.25, -0.2) is 0 Å². The minimum absolute atomic E-state index is 0.0127. The van der Waals surface area contributed by atoms with E-state index in [0.717, 1.165) is 37.5 Å². The Balaban J connectivity index is 1.98. The number of rotatable bonds is 8. The number of carbonyl (C=O) groups is 4. The Morgan fingerprint density at radius 3 is 2.18 bits per heavy atom. The number of thiazole rings is 1. The second kappa shape index (κ2) is 11.4. The molecule has 2 aromatic rings. The van der Waals surface area contributed by atoms with Crippen molar-refractivity contribution in [3.63, 3.8) is 0 Å². The second-order valence-corrected chi connectivity index (χ2v) is 12.4. The van der Waals surface area contributed by atoms with Crippen LogP contribution in [0.5, 0.6) is 0 Å². The van der Waals surface area contributed by atoms with Crippen molar-refractivity contribution in [3.05, 3.63) is 54.9 Å². The smallest absolute Gasteiger partial charge is 0.323 e. The number of carbonyl (C=O) groups excluding carboxylic acids is 1. The van der Waals surface area contributed by atoms with E-state index >= 15 is 0 Å². The molecule has 1 saturated heterocycles. The monoisotopic (exact) mass is 607 g/mol. The van der Waals surface area contributed by atoms with Crippen LogP contribution in [0.3, 0.4) is 0 Å². The summed E-state index contributed by atoms with van der Waals surface area (Å²) in [4.78, 5) is 64.5. The number of fused-ring (bicyclic) bond motifs is 1. The number of aliphatic carboxylic acids is 3. The summed E-state index contributed by atoms with van der Waals surface area (Å²) in [6.45, 7) is 1.99. The van der Waals surface area contributed by atoms with E-state index < -0.39 is 42.5 Å². The maximum atomic E-state index is 13.6. The molecule has 39 heavy (non-hydrogen) atoms. The van der Waals surface area contributed by atoms with E-state index in [1.54, 1.807) is 23.1 Å². The predicted molar refractivity (Wildman–Crippen MR) is 152 cm³/mol. The summed E-state index contributed by atoms with van der Waals surface area (Å²) in [5, 5.41) is 28.7. The van der Waals surface area contributed by atoms with Gasteiger partial charge in [-0.05, 0) is 29.7 Å². The molecule has 2 aliphatic heterocycles. The number of hydrogen-bond acceptors (Lipinski definition) is 10. The second-order valence-electron chi connectivity index (χ2n) is 8.65. The summed E-state index contributed by atoms with van der Waals surface area (Å²) in [5.74, 6) is -4.58. The van der Waals surface area contributed by atoms with E-state index in [0.29, 0.717) is 16.3 Å². The SMILES string of the molecule is CC(C)C(C=C1Sc2ccccc2N1CC(=O)O)=c1sc(=C2SC(=S)N(CC(=O)O)C2=O)n(CC(=O)O)c1=O. The van der Waals surface area contributed by atoms with Gasteiger partial charge in [-0.15, -0.1) is 11.3 Å². The van der Waals surface area contributed by atoms with Gasteiger partial charge in [-0.1, -0.05) is 61.7 Å². The van der Waals surface area contributed by atoms with E-state index in [4.69, 9.17) is 17.3 Å². The van der Waals surface area contributed by atoms with Crippen LogP contribution in [0.25, 0.3) is 10.5 Å². The third-order valence-corrected chi connectivity index (χ3v) is 9.52. The molecule has 3 heterocycles. The molecule has 1 aromatic carbocycles. The Morgan fingerprint density at radius 2 is 1.56 bits per heavy atom. The van der Waals surface area contributed by atoms with E-state index in [9.17, 15) is 34.2 Å². The lowest BCUT2D eigenvalue weighted by Gasteiger charge is -2.19. The van der Waals surface area contributed by atoms with Crippen LogP contribution in [-0.2, 0) is 25.7 Å². The molecule has 0 unspecified atom stereocenters. The van der Waals surface area contributed by atoms with Gasteiger partial charge in [-0.3, -0.25) is 33.4 Å². The van der Waals surface area contributed by atoms with Crippen molar-refractivity contribution in [3.8, 4) is 0 Å². The van der Waals surface area contributed by atoms with Crippen LogP contribution in [-0.4, -0.2) is 66.0 Å². The summed E-state index contributed by atoms with van der Waals surface area (Å²) >= 11 is 8.24. The third kappa shape index (κ3) is 5.80. The number of amides is 1. The first kappa shape index (κ1) is 28.6. The normalized spacial score (nSPS) is 18.3. The lowest BCUT2D eigenvalue weighted by molar-refractivity contribution is -0.140. The predicted octanol–water partition coefficient (Wildman–Crippen LogP) is 1.39. The average molecular weight is 608 g/mol. The van der Waals surface area contributed by atoms with Crippen LogP contribution >= 0.6 is 47.1 Å². The maximum absolute atomic E-state index is 13.6. The van der Waals surface area contributed by atoms with E-state index in [1.165, 1.54) is 11.8 Å². The quantitative estimate of drug-likeness (QED) is 0.371. The highest BCUT2D eigenvalue weighted by atomic mass is 32.2. The molecular weight excluding hydrogens is 587 g/mol. The molecule has 2 aliphatic rings. The van der Waals surface area contributed by atoms with Gasteiger partial charge in [0.05, 0.1) is 15.2 Å². The van der Waals surface area contributed by atoms with Gasteiger partial charge >= 0.3 is 17.9 Å². The van der Waals surface area contributed by atoms with Gasteiger partial charge in [0.1, 0.15) is 33.5 Å². The van der Waals surface area contributed by atoms with Gasteiger partial charge in [-0.2, -0.15) is 0 Å². The maximum Gasteiger partial charge on any atom is 0.323 e. The number of carboxylic acid groups (broad SMARTS) is 3. The lowest BCUT2D eigenvalue weighted by atomic mass is 10.0. The molecule has 15 heteroatoms. The zero-order valence-corrected chi connectivity index (χ0v) is 23.7. The summed E-state index contributed by atoms with van der Waals surface area (Å²) < 4.78 is 1.20. The van der Waals surface area contributed by atoms with Gasteiger partial charge < -0.3 is 20.2 Å². The number of para-hydroxylation sites is 1. The molecule has 3 N–H and O–H groups in total. The summed E-state index contributed by atoms with van der Waals surface area (Å²) in [7, 11) is 0. The van der Waals surface area contributed by atoms with Crippen LogP contribution in [0.2, 0.25) is 0 Å². The van der Waals surface area contributed by atoms with Gasteiger partial charge in [0.2, 0.25) is 0 Å². The summed E-state index contributed by atoms with van der Waals surface area (Å²) in [6.07, 6.45) is 1.72. The van der Waals surface area contributed by atoms with Crippen molar-refractivity contribution < 1.29 is 34.5 Å². The molecule has 0 saturated carbocycles. The molecule has 204 valence electrons. The molecule has 0 radical (unpaired) electrons. The van der Waals surface area contributed by atoms with Crippen molar-refractivity contribution >= 4 is 91.4 Å². The molecule has 1 amide bonds. The first-order valence-corrected chi connectivity index (χ1v) is 14.2. The van der Waals surface area contributed by atoms with Gasteiger partial charge in [0, 0.05) is 4.90 Å². The highest BCUT2D eigenvalue weighted by Gasteiger charge is 2.36. The summed E-state index contributed by atoms with van der Waals surface area (Å²) in [6, 6.07) is 7.29. The third-order valence-electron chi connectivity index (χ3n) is 5.61. The number of allylic oxidation sites excluding steroid dienone is 1. The van der Waals surface area contributed by atoms with Crippen molar-refractivity contribution in [2.45, 2.75) is 25.3 Å². The fourth-order valence-electron chi connectivity index (χ4n) is 3.92. The largest absolute Gasteiger partial charge is 0.480 e. The van der Waals surface area contributed by atoms with E-state index in [1.807, 2.05) is 26.0 Å². The number of thiocarbonyl (C=S) groups is 1. The van der Waals surface area contributed by atoms with Gasteiger partial charge in [0.25, 0.3) is 11.5 Å². The van der Waals surface area contributed by atoms with Crippen LogP contribution in [0.15, 0.2) is 45.1 Å². The van der Waals surface area contributed by atoms with Crippen molar-refractivity contribution in [1.82, 2.24) is 9.47 Å². The average Bonchev–Trinajstić information content (AvgIpc) is 3.44. The molecule has 0 spiro atoms. The molecule has 0 bridgehead atoms. The number of aromatic nitrogens is 1. The van der Waals surface area contributed by atoms with Crippen molar-refractivity contribution in [1.29, 1.82) is 0 Å². The Kier molecular flexibility index (Phi) is 8.34. The zero-order valence-electron chi connectivity index (χ0n) is 20.4. The number of thioether (sulfide) groups is 2. The number of carboxylic acids is 3.